The van der Waals surface area contributed by atoms with Crippen LogP contribution in [0, 0.1) is 28.5 Å². The zero-order chi connectivity index (χ0) is 13.7. The highest BCUT2D eigenvalue weighted by Crippen LogP contribution is 2.18. The molecule has 0 aliphatic rings. The second-order valence-corrected chi connectivity index (χ2v) is 3.91. The van der Waals surface area contributed by atoms with E-state index in [9.17, 15) is 4.39 Å². The van der Waals surface area contributed by atoms with E-state index in [1.165, 1.54) is 12.1 Å². The molecule has 0 aliphatic heterocycles. The van der Waals surface area contributed by atoms with E-state index in [0.29, 0.717) is 11.1 Å². The summed E-state index contributed by atoms with van der Waals surface area (Å²) in [5.74, 6) is -0.311. The van der Waals surface area contributed by atoms with Gasteiger partial charge in [-0.05, 0) is 41.5 Å². The van der Waals surface area contributed by atoms with Gasteiger partial charge in [-0.15, -0.1) is 0 Å². The first-order valence-electron chi connectivity index (χ1n) is 5.61. The first-order chi connectivity index (χ1) is 9.22. The van der Waals surface area contributed by atoms with Gasteiger partial charge in [0.2, 0.25) is 0 Å². The lowest BCUT2D eigenvalue weighted by Gasteiger charge is -2.00. The van der Waals surface area contributed by atoms with Gasteiger partial charge in [0.15, 0.2) is 0 Å². The van der Waals surface area contributed by atoms with Crippen molar-refractivity contribution >= 4 is 11.6 Å². The third-order valence-electron chi connectivity index (χ3n) is 2.63. The van der Waals surface area contributed by atoms with Crippen molar-refractivity contribution in [2.45, 2.75) is 0 Å². The highest BCUT2D eigenvalue weighted by Gasteiger charge is 2.01. The minimum atomic E-state index is -0.311. The van der Waals surface area contributed by atoms with Crippen molar-refractivity contribution in [1.82, 2.24) is 0 Å². The van der Waals surface area contributed by atoms with Crippen molar-refractivity contribution in [3.05, 3.63) is 71.0 Å². The van der Waals surface area contributed by atoms with Gasteiger partial charge < -0.3 is 0 Å². The Morgan fingerprint density at radius 2 is 1.58 bits per heavy atom. The topological polar surface area (TPSA) is 47.6 Å². The molecule has 0 radical (unpaired) electrons. The van der Waals surface area contributed by atoms with Crippen molar-refractivity contribution < 1.29 is 4.39 Å². The molecule has 0 amide bonds. The lowest BCUT2D eigenvalue weighted by molar-refractivity contribution is 0.628. The number of halogens is 1. The molecule has 19 heavy (non-hydrogen) atoms. The van der Waals surface area contributed by atoms with Gasteiger partial charge in [-0.25, -0.2) is 4.39 Å². The number of benzene rings is 2. The quantitative estimate of drug-likeness (QED) is 0.600. The average Bonchev–Trinajstić information content (AvgIpc) is 2.47. The van der Waals surface area contributed by atoms with Crippen LogP contribution in [-0.2, 0) is 0 Å². The van der Waals surface area contributed by atoms with Crippen molar-refractivity contribution in [2.24, 2.45) is 0 Å². The molecule has 0 bridgehead atoms. The maximum Gasteiger partial charge on any atom is 0.123 e. The fraction of sp³-hybridized carbons (Fsp3) is 0. The van der Waals surface area contributed by atoms with Crippen LogP contribution in [0.25, 0.3) is 11.6 Å². The van der Waals surface area contributed by atoms with Crippen LogP contribution in [0.4, 0.5) is 4.39 Å². The Balaban J connectivity index is 2.36. The lowest BCUT2D eigenvalue weighted by atomic mass is 10.0. The van der Waals surface area contributed by atoms with Crippen LogP contribution in [-0.4, -0.2) is 0 Å². The summed E-state index contributed by atoms with van der Waals surface area (Å²) < 4.78 is 12.8. The molecule has 0 fully saturated rings. The first kappa shape index (κ1) is 12.5. The molecule has 0 N–H and O–H groups in total. The van der Waals surface area contributed by atoms with E-state index in [4.69, 9.17) is 10.5 Å². The average molecular weight is 248 g/mol. The second kappa shape index (κ2) is 5.62. The fourth-order valence-corrected chi connectivity index (χ4v) is 1.63. The van der Waals surface area contributed by atoms with Gasteiger partial charge in [-0.2, -0.15) is 10.5 Å². The fourth-order valence-electron chi connectivity index (χ4n) is 1.63. The van der Waals surface area contributed by atoms with Crippen LogP contribution in [0.2, 0.25) is 0 Å². The Labute approximate surface area is 110 Å². The summed E-state index contributed by atoms with van der Waals surface area (Å²) >= 11 is 0. The zero-order valence-electron chi connectivity index (χ0n) is 9.97. The van der Waals surface area contributed by atoms with E-state index in [-0.39, 0.29) is 5.82 Å². The summed E-state index contributed by atoms with van der Waals surface area (Å²) in [4.78, 5) is 0. The predicted molar refractivity (Wildman–Crippen MR) is 71.0 cm³/mol. The van der Waals surface area contributed by atoms with E-state index < -0.39 is 0 Å². The minimum absolute atomic E-state index is 0.311. The molecule has 0 unspecified atom stereocenters. The smallest absolute Gasteiger partial charge is 0.123 e. The summed E-state index contributed by atoms with van der Waals surface area (Å²) in [6.45, 7) is 0. The summed E-state index contributed by atoms with van der Waals surface area (Å²) in [5.41, 5.74) is 2.49. The third-order valence-corrected chi connectivity index (χ3v) is 2.63. The summed E-state index contributed by atoms with van der Waals surface area (Å²) in [6, 6.07) is 16.8. The summed E-state index contributed by atoms with van der Waals surface area (Å²) in [6.07, 6.45) is 1.68. The number of rotatable bonds is 2. The molecule has 2 aromatic rings. The number of nitrogens with zero attached hydrogens (tertiary/aromatic N) is 2. The Kier molecular flexibility index (Phi) is 3.71. The Bertz CT molecular complexity index is 684. The molecule has 0 aliphatic carbocycles. The predicted octanol–water partition coefficient (Wildman–Crippen LogP) is 3.76. The lowest BCUT2D eigenvalue weighted by Crippen LogP contribution is -1.83. The molecule has 0 atom stereocenters. The van der Waals surface area contributed by atoms with Crippen molar-refractivity contribution in [3.8, 4) is 12.1 Å². The maximum atomic E-state index is 12.8. The number of nitriles is 2. The van der Waals surface area contributed by atoms with Gasteiger partial charge >= 0.3 is 0 Å². The molecular weight excluding hydrogens is 239 g/mol. The summed E-state index contributed by atoms with van der Waals surface area (Å²) in [5, 5.41) is 17.9. The van der Waals surface area contributed by atoms with Crippen LogP contribution in [0.3, 0.4) is 0 Å². The van der Waals surface area contributed by atoms with E-state index in [2.05, 4.69) is 6.07 Å². The van der Waals surface area contributed by atoms with E-state index in [1.807, 2.05) is 6.07 Å². The van der Waals surface area contributed by atoms with Gasteiger partial charge in [0.1, 0.15) is 5.82 Å². The highest BCUT2D eigenvalue weighted by molar-refractivity contribution is 5.89. The van der Waals surface area contributed by atoms with Crippen LogP contribution >= 0.6 is 0 Å². The molecule has 90 valence electrons. The number of hydrogen-bond acceptors (Lipinski definition) is 2. The molecule has 3 heteroatoms. The molecule has 0 saturated heterocycles. The normalized spacial score (nSPS) is 10.6. The van der Waals surface area contributed by atoms with Crippen molar-refractivity contribution in [1.29, 1.82) is 10.5 Å². The molecule has 0 aromatic heterocycles. The van der Waals surface area contributed by atoms with E-state index >= 15 is 0 Å². The van der Waals surface area contributed by atoms with Crippen LogP contribution in [0.5, 0.6) is 0 Å². The largest absolute Gasteiger partial charge is 0.207 e. The van der Waals surface area contributed by atoms with Gasteiger partial charge in [-0.1, -0.05) is 24.3 Å². The Morgan fingerprint density at radius 3 is 2.11 bits per heavy atom. The van der Waals surface area contributed by atoms with Crippen LogP contribution in [0.1, 0.15) is 16.7 Å². The Hall–Kier alpha value is -2.91. The first-order valence-corrected chi connectivity index (χ1v) is 5.61. The molecule has 2 aromatic carbocycles. The van der Waals surface area contributed by atoms with Gasteiger partial charge in [0, 0.05) is 0 Å². The third kappa shape index (κ3) is 3.06. The van der Waals surface area contributed by atoms with Crippen molar-refractivity contribution in [3.63, 3.8) is 0 Å². The molecule has 0 spiro atoms. The number of hydrogen-bond donors (Lipinski definition) is 0. The van der Waals surface area contributed by atoms with Gasteiger partial charge in [0.25, 0.3) is 0 Å². The molecule has 2 rings (SSSR count). The number of allylic oxidation sites excluding steroid dienone is 1. The van der Waals surface area contributed by atoms with Gasteiger partial charge in [-0.3, -0.25) is 0 Å². The van der Waals surface area contributed by atoms with Gasteiger partial charge in [0.05, 0.1) is 23.3 Å². The van der Waals surface area contributed by atoms with Crippen molar-refractivity contribution in [2.75, 3.05) is 0 Å². The summed E-state index contributed by atoms with van der Waals surface area (Å²) in [7, 11) is 0. The Morgan fingerprint density at radius 1 is 0.947 bits per heavy atom. The van der Waals surface area contributed by atoms with Crippen LogP contribution < -0.4 is 0 Å². The van der Waals surface area contributed by atoms with E-state index in [0.717, 1.165) is 11.1 Å². The SMILES string of the molecule is N#C/C(=C\c1ccc(F)cc1)c1ccc(C#N)cc1. The molecule has 0 saturated carbocycles. The minimum Gasteiger partial charge on any atom is -0.207 e. The van der Waals surface area contributed by atoms with E-state index in [1.54, 1.807) is 42.5 Å². The molecule has 2 nitrogen and oxygen atoms in total. The highest BCUT2D eigenvalue weighted by atomic mass is 19.1. The monoisotopic (exact) mass is 248 g/mol. The molecular formula is C16H9FN2. The van der Waals surface area contributed by atoms with Crippen LogP contribution in [0.15, 0.2) is 48.5 Å². The maximum absolute atomic E-state index is 12.8. The zero-order valence-corrected chi connectivity index (χ0v) is 9.97. The second-order valence-electron chi connectivity index (χ2n) is 3.91. The molecule has 0 heterocycles. The standard InChI is InChI=1S/C16H9FN2/c17-16-7-3-12(4-8-16)9-15(11-19)14-5-1-13(10-18)2-6-14/h1-9H/b15-9+.